The Kier molecular flexibility index (Phi) is 6.86. The minimum atomic E-state index is -4.55. The number of hydrogen-bond acceptors (Lipinski definition) is 3. The summed E-state index contributed by atoms with van der Waals surface area (Å²) in [5.41, 5.74) is 0. The van der Waals surface area contributed by atoms with Crippen molar-refractivity contribution in [2.45, 2.75) is 32.2 Å². The molecule has 0 heterocycles. The summed E-state index contributed by atoms with van der Waals surface area (Å²) in [6.07, 6.45) is -3.16. The molecule has 0 aliphatic heterocycles. The van der Waals surface area contributed by atoms with Gasteiger partial charge in [0.25, 0.3) is 0 Å². The molecule has 86 valence electrons. The lowest BCUT2D eigenvalue weighted by Crippen LogP contribution is -2.31. The topological polar surface area (TPSA) is 41.5 Å². The van der Waals surface area contributed by atoms with Gasteiger partial charge in [-0.05, 0) is 19.8 Å². The zero-order valence-electron chi connectivity index (χ0n) is 8.10. The van der Waals surface area contributed by atoms with E-state index in [4.69, 9.17) is 5.11 Å². The van der Waals surface area contributed by atoms with Crippen LogP contribution in [0, 0.1) is 0 Å². The van der Waals surface area contributed by atoms with E-state index in [0.717, 1.165) is 6.42 Å². The van der Waals surface area contributed by atoms with Crippen LogP contribution >= 0.6 is 0 Å². The van der Waals surface area contributed by atoms with Gasteiger partial charge in [-0.3, -0.25) is 4.74 Å². The smallest absolute Gasteiger partial charge is 0.396 e. The lowest BCUT2D eigenvalue weighted by molar-refractivity contribution is -0.323. The summed E-state index contributed by atoms with van der Waals surface area (Å²) in [4.78, 5) is 0. The normalized spacial score (nSPS) is 14.4. The monoisotopic (exact) mass is 215 g/mol. The third-order valence-electron chi connectivity index (χ3n) is 1.66. The maximum atomic E-state index is 11.5. The minimum Gasteiger partial charge on any atom is -0.396 e. The lowest BCUT2D eigenvalue weighted by atomic mass is 10.2. The number of ether oxygens (including phenoxy) is 1. The third-order valence-corrected chi connectivity index (χ3v) is 1.66. The zero-order chi connectivity index (χ0) is 11.0. The molecule has 0 amide bonds. The Morgan fingerprint density at radius 3 is 2.57 bits per heavy atom. The van der Waals surface area contributed by atoms with Crippen molar-refractivity contribution in [1.82, 2.24) is 5.32 Å². The summed E-state index contributed by atoms with van der Waals surface area (Å²) in [7, 11) is 0. The molecule has 0 spiro atoms. The van der Waals surface area contributed by atoms with E-state index in [1.807, 2.05) is 6.92 Å². The van der Waals surface area contributed by atoms with Gasteiger partial charge in [-0.15, -0.1) is 13.2 Å². The van der Waals surface area contributed by atoms with Gasteiger partial charge in [-0.1, -0.05) is 0 Å². The molecule has 14 heavy (non-hydrogen) atoms. The molecule has 6 heteroatoms. The Morgan fingerprint density at radius 1 is 1.43 bits per heavy atom. The highest BCUT2D eigenvalue weighted by Gasteiger charge is 2.28. The number of halogens is 3. The zero-order valence-corrected chi connectivity index (χ0v) is 8.10. The number of hydrogen-bond donors (Lipinski definition) is 2. The van der Waals surface area contributed by atoms with Gasteiger partial charge >= 0.3 is 6.36 Å². The molecule has 0 bridgehead atoms. The summed E-state index contributed by atoms with van der Waals surface area (Å²) in [6.45, 7) is 1.73. The third kappa shape index (κ3) is 9.76. The number of alkyl halides is 3. The van der Waals surface area contributed by atoms with Crippen LogP contribution in [0.15, 0.2) is 0 Å². The molecular weight excluding hydrogens is 199 g/mol. The van der Waals surface area contributed by atoms with Crippen molar-refractivity contribution < 1.29 is 23.0 Å². The number of nitrogens with one attached hydrogen (secondary N) is 1. The fourth-order valence-electron chi connectivity index (χ4n) is 0.972. The largest absolute Gasteiger partial charge is 0.522 e. The van der Waals surface area contributed by atoms with Crippen molar-refractivity contribution >= 4 is 0 Å². The first-order valence-electron chi connectivity index (χ1n) is 4.50. The summed E-state index contributed by atoms with van der Waals surface area (Å²) in [5, 5.41) is 11.3. The van der Waals surface area contributed by atoms with Crippen molar-refractivity contribution in [3.05, 3.63) is 0 Å². The molecule has 0 aromatic heterocycles. The van der Waals surface area contributed by atoms with E-state index in [-0.39, 0.29) is 25.8 Å². The second kappa shape index (κ2) is 7.03. The highest BCUT2D eigenvalue weighted by atomic mass is 19.4. The summed E-state index contributed by atoms with van der Waals surface area (Å²) >= 11 is 0. The minimum absolute atomic E-state index is 0.0963. The first kappa shape index (κ1) is 13.7. The van der Waals surface area contributed by atoms with Crippen molar-refractivity contribution in [3.8, 4) is 0 Å². The van der Waals surface area contributed by atoms with Gasteiger partial charge < -0.3 is 10.4 Å². The van der Waals surface area contributed by atoms with Gasteiger partial charge in [0.1, 0.15) is 0 Å². The first-order chi connectivity index (χ1) is 6.45. The Morgan fingerprint density at radius 2 is 2.07 bits per heavy atom. The molecule has 0 aromatic rings. The summed E-state index contributed by atoms with van der Waals surface area (Å²) < 4.78 is 38.1. The van der Waals surface area contributed by atoms with Gasteiger partial charge in [0.05, 0.1) is 6.61 Å². The predicted octanol–water partition coefficient (Wildman–Crippen LogP) is 1.27. The van der Waals surface area contributed by atoms with Crippen LogP contribution in [-0.4, -0.2) is 37.3 Å². The molecule has 1 unspecified atom stereocenters. The van der Waals surface area contributed by atoms with E-state index in [1.54, 1.807) is 0 Å². The van der Waals surface area contributed by atoms with E-state index in [1.165, 1.54) is 0 Å². The highest BCUT2D eigenvalue weighted by molar-refractivity contribution is 4.59. The molecule has 1 atom stereocenters. The van der Waals surface area contributed by atoms with Gasteiger partial charge in [0.15, 0.2) is 0 Å². The molecule has 0 fully saturated rings. The van der Waals surface area contributed by atoms with Crippen LogP contribution in [0.2, 0.25) is 0 Å². The summed E-state index contributed by atoms with van der Waals surface area (Å²) in [5.74, 6) is 0. The lowest BCUT2D eigenvalue weighted by Gasteiger charge is -2.13. The Labute approximate surface area is 81.2 Å². The molecule has 0 aliphatic rings. The molecule has 0 aromatic carbocycles. The van der Waals surface area contributed by atoms with Gasteiger partial charge in [0, 0.05) is 19.2 Å². The van der Waals surface area contributed by atoms with Crippen molar-refractivity contribution in [3.63, 3.8) is 0 Å². The highest BCUT2D eigenvalue weighted by Crippen LogP contribution is 2.15. The van der Waals surface area contributed by atoms with E-state index in [9.17, 15) is 13.2 Å². The molecular formula is C8H16F3NO2. The molecule has 0 aliphatic carbocycles. The van der Waals surface area contributed by atoms with Crippen molar-refractivity contribution in [2.24, 2.45) is 0 Å². The SMILES string of the molecule is CC(CCCO)NCCOC(F)(F)F. The van der Waals surface area contributed by atoms with Crippen LogP contribution in [0.1, 0.15) is 19.8 Å². The molecule has 0 saturated carbocycles. The first-order valence-corrected chi connectivity index (χ1v) is 4.50. The average Bonchev–Trinajstić information content (AvgIpc) is 2.07. The maximum Gasteiger partial charge on any atom is 0.522 e. The maximum absolute atomic E-state index is 11.5. The Bertz CT molecular complexity index is 141. The second-order valence-electron chi connectivity index (χ2n) is 3.02. The van der Waals surface area contributed by atoms with Crippen LogP contribution < -0.4 is 5.32 Å². The van der Waals surface area contributed by atoms with Crippen LogP contribution in [0.5, 0.6) is 0 Å². The average molecular weight is 215 g/mol. The van der Waals surface area contributed by atoms with Crippen LogP contribution in [0.4, 0.5) is 13.2 Å². The number of rotatable bonds is 7. The van der Waals surface area contributed by atoms with Gasteiger partial charge in [-0.25, -0.2) is 0 Å². The van der Waals surface area contributed by atoms with Crippen molar-refractivity contribution in [1.29, 1.82) is 0 Å². The van der Waals surface area contributed by atoms with E-state index < -0.39 is 6.36 Å². The molecule has 0 rings (SSSR count). The molecule has 0 saturated heterocycles. The van der Waals surface area contributed by atoms with E-state index in [2.05, 4.69) is 10.1 Å². The van der Waals surface area contributed by atoms with Crippen LogP contribution in [0.25, 0.3) is 0 Å². The molecule has 2 N–H and O–H groups in total. The fourth-order valence-corrected chi connectivity index (χ4v) is 0.972. The van der Waals surface area contributed by atoms with Crippen LogP contribution in [0.3, 0.4) is 0 Å². The second-order valence-corrected chi connectivity index (χ2v) is 3.02. The van der Waals surface area contributed by atoms with E-state index in [0.29, 0.717) is 6.42 Å². The quantitative estimate of drug-likeness (QED) is 0.628. The summed E-state index contributed by atoms with van der Waals surface area (Å²) in [6, 6.07) is 0.0963. The predicted molar refractivity (Wildman–Crippen MR) is 45.8 cm³/mol. The van der Waals surface area contributed by atoms with E-state index >= 15 is 0 Å². The van der Waals surface area contributed by atoms with Gasteiger partial charge in [0.2, 0.25) is 0 Å². The standard InChI is InChI=1S/C8H16F3NO2/c1-7(3-2-5-13)12-4-6-14-8(9,10)11/h7,12-13H,2-6H2,1H3. The Balaban J connectivity index is 3.27. The number of aliphatic hydroxyl groups excluding tert-OH is 1. The fraction of sp³-hybridized carbons (Fsp3) is 1.00. The van der Waals surface area contributed by atoms with Crippen molar-refractivity contribution in [2.75, 3.05) is 19.8 Å². The molecule has 0 radical (unpaired) electrons. The van der Waals surface area contributed by atoms with Gasteiger partial charge in [-0.2, -0.15) is 0 Å². The van der Waals surface area contributed by atoms with Crippen LogP contribution in [-0.2, 0) is 4.74 Å². The molecule has 3 nitrogen and oxygen atoms in total. The number of aliphatic hydroxyl groups is 1. The Hall–Kier alpha value is -0.330.